The van der Waals surface area contributed by atoms with E-state index in [0.717, 1.165) is 18.5 Å². The molecule has 0 aliphatic heterocycles. The van der Waals surface area contributed by atoms with E-state index in [0.29, 0.717) is 18.9 Å². The van der Waals surface area contributed by atoms with E-state index in [9.17, 15) is 8.42 Å². The van der Waals surface area contributed by atoms with Gasteiger partial charge in [0.15, 0.2) is 5.96 Å². The van der Waals surface area contributed by atoms with Gasteiger partial charge in [-0.05, 0) is 30.4 Å². The van der Waals surface area contributed by atoms with Gasteiger partial charge in [0.1, 0.15) is 9.84 Å². The molecule has 0 heterocycles. The molecule has 1 aromatic rings. The second kappa shape index (κ2) is 8.02. The van der Waals surface area contributed by atoms with E-state index in [4.69, 9.17) is 5.73 Å². The summed E-state index contributed by atoms with van der Waals surface area (Å²) in [5.41, 5.74) is 9.31. The van der Waals surface area contributed by atoms with Gasteiger partial charge in [-0.15, -0.1) is 0 Å². The number of aliphatic imine (C=N–C) groups is 1. The molecule has 0 unspecified atom stereocenters. The predicted molar refractivity (Wildman–Crippen MR) is 89.6 cm³/mol. The molecule has 0 radical (unpaired) electrons. The largest absolute Gasteiger partial charge is 0.370 e. The van der Waals surface area contributed by atoms with E-state index in [1.54, 1.807) is 0 Å². The molecule has 21 heavy (non-hydrogen) atoms. The minimum atomic E-state index is -2.93. The minimum Gasteiger partial charge on any atom is -0.370 e. The van der Waals surface area contributed by atoms with Gasteiger partial charge >= 0.3 is 0 Å². The molecule has 1 rings (SSSR count). The highest BCUT2D eigenvalue weighted by molar-refractivity contribution is 7.90. The van der Waals surface area contributed by atoms with Gasteiger partial charge in [0.05, 0.1) is 5.75 Å². The highest BCUT2D eigenvalue weighted by atomic mass is 32.2. The fraction of sp³-hybridized carbons (Fsp3) is 0.533. The van der Waals surface area contributed by atoms with E-state index in [2.05, 4.69) is 36.3 Å². The second-order valence-corrected chi connectivity index (χ2v) is 7.29. The van der Waals surface area contributed by atoms with E-state index in [-0.39, 0.29) is 5.75 Å². The molecule has 0 amide bonds. The summed E-state index contributed by atoms with van der Waals surface area (Å²) in [6, 6.07) is 6.18. The number of benzene rings is 1. The first-order chi connectivity index (χ1) is 9.87. The van der Waals surface area contributed by atoms with E-state index < -0.39 is 9.84 Å². The monoisotopic (exact) mass is 311 g/mol. The molecule has 5 nitrogen and oxygen atoms in total. The number of nitrogens with two attached hydrogens (primary N) is 1. The standard InChI is InChI=1S/C15H25N3O2S/c1-4-12-8-6-9-13(5-2)14(12)18-15(16)17-10-7-11-21(3,19)20/h6,8-9H,4-5,7,10-11H2,1-3H3,(H3,16,17,18). The number of hydrogen-bond acceptors (Lipinski definition) is 3. The summed E-state index contributed by atoms with van der Waals surface area (Å²) in [4.78, 5) is 4.19. The molecule has 118 valence electrons. The molecule has 0 saturated carbocycles. The van der Waals surface area contributed by atoms with Gasteiger partial charge in [-0.2, -0.15) is 0 Å². The average molecular weight is 311 g/mol. The molecule has 0 aliphatic carbocycles. The number of para-hydroxylation sites is 1. The molecule has 0 atom stereocenters. The first kappa shape index (κ1) is 17.5. The van der Waals surface area contributed by atoms with Crippen LogP contribution in [0.5, 0.6) is 0 Å². The number of rotatable bonds is 7. The molecular formula is C15H25N3O2S. The zero-order chi connectivity index (χ0) is 15.9. The van der Waals surface area contributed by atoms with Crippen LogP contribution in [0.1, 0.15) is 31.4 Å². The number of hydrogen-bond donors (Lipinski definition) is 2. The number of nitrogens with zero attached hydrogens (tertiary/aromatic N) is 1. The number of aryl methyl sites for hydroxylation is 2. The molecule has 0 saturated heterocycles. The molecule has 0 bridgehead atoms. The van der Waals surface area contributed by atoms with Crippen LogP contribution in [0.3, 0.4) is 0 Å². The third-order valence-corrected chi connectivity index (χ3v) is 4.24. The van der Waals surface area contributed by atoms with Crippen LogP contribution in [0.4, 0.5) is 5.69 Å². The molecule has 0 aliphatic rings. The SMILES string of the molecule is CCc1cccc(CC)c1NC(N)=NCCCS(C)(=O)=O. The summed E-state index contributed by atoms with van der Waals surface area (Å²) in [6.45, 7) is 4.60. The molecule has 6 heteroatoms. The van der Waals surface area contributed by atoms with Gasteiger partial charge in [-0.3, -0.25) is 4.99 Å². The lowest BCUT2D eigenvalue weighted by Crippen LogP contribution is -2.24. The summed E-state index contributed by atoms with van der Waals surface area (Å²) in [7, 11) is -2.93. The average Bonchev–Trinajstić information content (AvgIpc) is 2.43. The van der Waals surface area contributed by atoms with Crippen LogP contribution in [-0.2, 0) is 22.7 Å². The van der Waals surface area contributed by atoms with Crippen molar-refractivity contribution in [3.63, 3.8) is 0 Å². The van der Waals surface area contributed by atoms with Gasteiger partial charge in [0.25, 0.3) is 0 Å². The smallest absolute Gasteiger partial charge is 0.193 e. The maximum absolute atomic E-state index is 11.0. The Morgan fingerprint density at radius 2 is 1.81 bits per heavy atom. The first-order valence-corrected chi connectivity index (χ1v) is 9.28. The van der Waals surface area contributed by atoms with Crippen molar-refractivity contribution in [1.82, 2.24) is 0 Å². The Morgan fingerprint density at radius 1 is 1.24 bits per heavy atom. The molecular weight excluding hydrogens is 286 g/mol. The van der Waals surface area contributed by atoms with Crippen LogP contribution in [0.2, 0.25) is 0 Å². The van der Waals surface area contributed by atoms with Crippen molar-refractivity contribution in [2.45, 2.75) is 33.1 Å². The summed E-state index contributed by atoms with van der Waals surface area (Å²) >= 11 is 0. The molecule has 0 aromatic heterocycles. The van der Waals surface area contributed by atoms with E-state index in [1.807, 2.05) is 6.07 Å². The molecule has 1 aromatic carbocycles. The summed E-state index contributed by atoms with van der Waals surface area (Å²) in [5.74, 6) is 0.467. The van der Waals surface area contributed by atoms with Crippen LogP contribution in [0.25, 0.3) is 0 Å². The maximum Gasteiger partial charge on any atom is 0.193 e. The molecule has 0 spiro atoms. The van der Waals surface area contributed by atoms with Crippen molar-refractivity contribution >= 4 is 21.5 Å². The van der Waals surface area contributed by atoms with E-state index in [1.165, 1.54) is 17.4 Å². The fourth-order valence-electron chi connectivity index (χ4n) is 2.10. The number of guanidine groups is 1. The third kappa shape index (κ3) is 6.16. The second-order valence-electron chi connectivity index (χ2n) is 5.03. The lowest BCUT2D eigenvalue weighted by molar-refractivity contribution is 0.599. The highest BCUT2D eigenvalue weighted by Gasteiger charge is 2.07. The summed E-state index contributed by atoms with van der Waals surface area (Å²) in [6.07, 6.45) is 3.54. The Bertz CT molecular complexity index is 573. The Kier molecular flexibility index (Phi) is 6.68. The van der Waals surface area contributed by atoms with Gasteiger partial charge in [-0.1, -0.05) is 32.0 Å². The van der Waals surface area contributed by atoms with Crippen LogP contribution in [0.15, 0.2) is 23.2 Å². The number of nitrogens with one attached hydrogen (secondary N) is 1. The zero-order valence-electron chi connectivity index (χ0n) is 13.0. The Labute approximate surface area is 127 Å². The topological polar surface area (TPSA) is 84.5 Å². The lowest BCUT2D eigenvalue weighted by atomic mass is 10.0. The van der Waals surface area contributed by atoms with Crippen molar-refractivity contribution < 1.29 is 8.42 Å². The normalized spacial score (nSPS) is 12.4. The van der Waals surface area contributed by atoms with E-state index >= 15 is 0 Å². The Morgan fingerprint density at radius 3 is 2.29 bits per heavy atom. The van der Waals surface area contributed by atoms with Crippen molar-refractivity contribution in [2.24, 2.45) is 10.7 Å². The summed E-state index contributed by atoms with van der Waals surface area (Å²) in [5, 5.41) is 3.16. The van der Waals surface area contributed by atoms with Crippen molar-refractivity contribution in [3.05, 3.63) is 29.3 Å². The Hall–Kier alpha value is -1.56. The molecule has 0 fully saturated rings. The third-order valence-electron chi connectivity index (χ3n) is 3.21. The summed E-state index contributed by atoms with van der Waals surface area (Å²) < 4.78 is 22.1. The fourth-order valence-corrected chi connectivity index (χ4v) is 2.75. The maximum atomic E-state index is 11.0. The number of anilines is 1. The van der Waals surface area contributed by atoms with Crippen LogP contribution in [-0.4, -0.2) is 32.9 Å². The van der Waals surface area contributed by atoms with Crippen molar-refractivity contribution in [2.75, 3.05) is 23.9 Å². The first-order valence-electron chi connectivity index (χ1n) is 7.22. The van der Waals surface area contributed by atoms with Crippen molar-refractivity contribution in [1.29, 1.82) is 0 Å². The van der Waals surface area contributed by atoms with Crippen LogP contribution >= 0.6 is 0 Å². The van der Waals surface area contributed by atoms with Gasteiger partial charge in [0.2, 0.25) is 0 Å². The number of sulfone groups is 1. The van der Waals surface area contributed by atoms with Crippen molar-refractivity contribution in [3.8, 4) is 0 Å². The van der Waals surface area contributed by atoms with Gasteiger partial charge in [-0.25, -0.2) is 8.42 Å². The molecule has 3 N–H and O–H groups in total. The predicted octanol–water partition coefficient (Wildman–Crippen LogP) is 1.97. The highest BCUT2D eigenvalue weighted by Crippen LogP contribution is 2.22. The quantitative estimate of drug-likeness (QED) is 0.458. The zero-order valence-corrected chi connectivity index (χ0v) is 13.8. The minimum absolute atomic E-state index is 0.134. The van der Waals surface area contributed by atoms with Crippen LogP contribution < -0.4 is 11.1 Å². The van der Waals surface area contributed by atoms with Gasteiger partial charge in [0, 0.05) is 18.5 Å². The lowest BCUT2D eigenvalue weighted by Gasteiger charge is -2.14. The Balaban J connectivity index is 2.72. The van der Waals surface area contributed by atoms with Gasteiger partial charge < -0.3 is 11.1 Å². The van der Waals surface area contributed by atoms with Crippen LogP contribution in [0, 0.1) is 0 Å².